The highest BCUT2D eigenvalue weighted by Crippen LogP contribution is 2.08. The minimum atomic E-state index is -0.544. The Hall–Kier alpha value is -1.06. The molecule has 0 aromatic heterocycles. The van der Waals surface area contributed by atoms with Gasteiger partial charge in [0.05, 0.1) is 6.04 Å². The number of hydrogen-bond donors (Lipinski definition) is 1. The van der Waals surface area contributed by atoms with Gasteiger partial charge in [-0.2, -0.15) is 0 Å². The van der Waals surface area contributed by atoms with E-state index in [0.717, 1.165) is 0 Å². The van der Waals surface area contributed by atoms with E-state index in [1.54, 1.807) is 27.7 Å². The zero-order chi connectivity index (χ0) is 12.9. The van der Waals surface area contributed by atoms with Crippen molar-refractivity contribution in [2.75, 3.05) is 0 Å². The fourth-order valence-corrected chi connectivity index (χ4v) is 1.14. The van der Waals surface area contributed by atoms with Gasteiger partial charge in [-0.05, 0) is 33.6 Å². The van der Waals surface area contributed by atoms with Crippen LogP contribution < -0.4 is 5.32 Å². The number of hydrogen-bond acceptors (Lipinski definition) is 3. The van der Waals surface area contributed by atoms with Crippen molar-refractivity contribution in [3.05, 3.63) is 0 Å². The van der Waals surface area contributed by atoms with Crippen LogP contribution in [0.4, 0.5) is 4.79 Å². The fraction of sp³-hybridized carbons (Fsp3) is 0.833. The quantitative estimate of drug-likeness (QED) is 0.805. The Morgan fingerprint density at radius 1 is 1.19 bits per heavy atom. The molecule has 0 aromatic rings. The number of ether oxygens (including phenoxy) is 1. The van der Waals surface area contributed by atoms with Crippen molar-refractivity contribution < 1.29 is 14.3 Å². The fourth-order valence-electron chi connectivity index (χ4n) is 1.14. The molecule has 1 amide bonds. The van der Waals surface area contributed by atoms with Crippen molar-refractivity contribution in [3.8, 4) is 0 Å². The zero-order valence-electron chi connectivity index (χ0n) is 11.1. The number of carbonyl (C=O) groups is 2. The Labute approximate surface area is 97.7 Å². The summed E-state index contributed by atoms with van der Waals surface area (Å²) < 4.78 is 5.06. The number of carbonyl (C=O) groups excluding carboxylic acids is 2. The maximum Gasteiger partial charge on any atom is 0.408 e. The van der Waals surface area contributed by atoms with E-state index in [1.165, 1.54) is 0 Å². The van der Waals surface area contributed by atoms with Crippen LogP contribution in [0.5, 0.6) is 0 Å². The summed E-state index contributed by atoms with van der Waals surface area (Å²) in [6, 6.07) is -0.489. The van der Waals surface area contributed by atoms with Crippen molar-refractivity contribution in [3.63, 3.8) is 0 Å². The number of alkyl carbamates (subject to hydrolysis) is 1. The molecule has 0 saturated carbocycles. The average molecular weight is 229 g/mol. The summed E-state index contributed by atoms with van der Waals surface area (Å²) in [5.74, 6) is 0.330. The first kappa shape index (κ1) is 14.9. The van der Waals surface area contributed by atoms with Gasteiger partial charge in [0.15, 0.2) is 5.78 Å². The van der Waals surface area contributed by atoms with E-state index < -0.39 is 17.7 Å². The lowest BCUT2D eigenvalue weighted by atomic mass is 10.0. The lowest BCUT2D eigenvalue weighted by Crippen LogP contribution is -2.41. The molecule has 1 atom stereocenters. The van der Waals surface area contributed by atoms with Crippen LogP contribution in [0.15, 0.2) is 0 Å². The molecule has 0 unspecified atom stereocenters. The maximum absolute atomic E-state index is 11.6. The zero-order valence-corrected chi connectivity index (χ0v) is 11.1. The largest absolute Gasteiger partial charge is 0.444 e. The molecule has 0 rings (SSSR count). The number of nitrogens with one attached hydrogen (secondary N) is 1. The van der Waals surface area contributed by atoms with Gasteiger partial charge >= 0.3 is 6.09 Å². The van der Waals surface area contributed by atoms with Gasteiger partial charge in [0.1, 0.15) is 5.60 Å². The van der Waals surface area contributed by atoms with Crippen LogP contribution in [0.25, 0.3) is 0 Å². The molecule has 4 nitrogen and oxygen atoms in total. The van der Waals surface area contributed by atoms with Crippen LogP contribution in [0.2, 0.25) is 0 Å². The van der Waals surface area contributed by atoms with E-state index in [2.05, 4.69) is 5.32 Å². The Morgan fingerprint density at radius 3 is 2.06 bits per heavy atom. The van der Waals surface area contributed by atoms with Crippen molar-refractivity contribution in [2.45, 2.75) is 59.6 Å². The molecule has 0 fully saturated rings. The summed E-state index contributed by atoms with van der Waals surface area (Å²) in [5, 5.41) is 2.53. The molecule has 4 heteroatoms. The van der Waals surface area contributed by atoms with E-state index in [1.807, 2.05) is 13.8 Å². The van der Waals surface area contributed by atoms with Gasteiger partial charge in [-0.1, -0.05) is 13.8 Å². The van der Waals surface area contributed by atoms with Gasteiger partial charge < -0.3 is 10.1 Å². The Kier molecular flexibility index (Phi) is 5.48. The van der Waals surface area contributed by atoms with Crippen molar-refractivity contribution >= 4 is 11.9 Å². The first-order valence-electron chi connectivity index (χ1n) is 5.64. The molecule has 0 spiro atoms. The van der Waals surface area contributed by atoms with Gasteiger partial charge in [0.25, 0.3) is 0 Å². The highest BCUT2D eigenvalue weighted by Gasteiger charge is 2.21. The minimum absolute atomic E-state index is 0.0286. The number of amides is 1. The summed E-state index contributed by atoms with van der Waals surface area (Å²) in [7, 11) is 0. The van der Waals surface area contributed by atoms with Crippen molar-refractivity contribution in [1.29, 1.82) is 0 Å². The second-order valence-electron chi connectivity index (χ2n) is 5.43. The van der Waals surface area contributed by atoms with Crippen LogP contribution >= 0.6 is 0 Å². The third-order valence-corrected chi connectivity index (χ3v) is 1.83. The normalized spacial score (nSPS) is 13.4. The number of ketones is 1. The van der Waals surface area contributed by atoms with E-state index in [9.17, 15) is 9.59 Å². The lowest BCUT2D eigenvalue weighted by Gasteiger charge is -2.21. The number of Topliss-reactive ketones (excluding diaryl/α,β-unsaturated/α-hetero) is 1. The van der Waals surface area contributed by atoms with Crippen LogP contribution in [-0.2, 0) is 9.53 Å². The Morgan fingerprint density at radius 2 is 1.69 bits per heavy atom. The average Bonchev–Trinajstić information content (AvgIpc) is 1.98. The first-order valence-corrected chi connectivity index (χ1v) is 5.64. The Bertz CT molecular complexity index is 253. The van der Waals surface area contributed by atoms with Crippen molar-refractivity contribution in [1.82, 2.24) is 5.32 Å². The minimum Gasteiger partial charge on any atom is -0.444 e. The second kappa shape index (κ2) is 5.87. The molecule has 0 aliphatic carbocycles. The molecule has 1 N–H and O–H groups in total. The predicted molar refractivity (Wildman–Crippen MR) is 63.3 cm³/mol. The highest BCUT2D eigenvalue weighted by molar-refractivity contribution is 5.87. The molecule has 0 aliphatic heterocycles. The second-order valence-corrected chi connectivity index (χ2v) is 5.43. The molecule has 16 heavy (non-hydrogen) atoms. The van der Waals surface area contributed by atoms with E-state index in [0.29, 0.717) is 12.3 Å². The first-order chi connectivity index (χ1) is 7.11. The topological polar surface area (TPSA) is 55.4 Å². The lowest BCUT2D eigenvalue weighted by molar-refractivity contribution is -0.121. The van der Waals surface area contributed by atoms with Crippen LogP contribution in [0.1, 0.15) is 48.0 Å². The van der Waals surface area contributed by atoms with Gasteiger partial charge in [-0.3, -0.25) is 4.79 Å². The maximum atomic E-state index is 11.6. The standard InChI is InChI=1S/C12H23NO3/c1-8(2)7-10(14)9(3)13-11(15)16-12(4,5)6/h8-9H,7H2,1-6H3,(H,13,15)/t9-/m0/s1. The molecule has 0 radical (unpaired) electrons. The predicted octanol–water partition coefficient (Wildman–Crippen LogP) is 2.51. The molecular formula is C12H23NO3. The van der Waals surface area contributed by atoms with Crippen LogP contribution in [0.3, 0.4) is 0 Å². The molecule has 0 aromatic carbocycles. The SMILES string of the molecule is CC(C)CC(=O)[C@H](C)NC(=O)OC(C)(C)C. The molecule has 0 aliphatic rings. The monoisotopic (exact) mass is 229 g/mol. The molecule has 0 heterocycles. The van der Waals surface area contributed by atoms with Gasteiger partial charge in [0, 0.05) is 6.42 Å². The third-order valence-electron chi connectivity index (χ3n) is 1.83. The van der Waals surface area contributed by atoms with Gasteiger partial charge in [-0.15, -0.1) is 0 Å². The number of rotatable bonds is 4. The van der Waals surface area contributed by atoms with Gasteiger partial charge in [-0.25, -0.2) is 4.79 Å². The van der Waals surface area contributed by atoms with E-state index >= 15 is 0 Å². The van der Waals surface area contributed by atoms with E-state index in [4.69, 9.17) is 4.74 Å². The summed E-state index contributed by atoms with van der Waals surface area (Å²) in [4.78, 5) is 23.0. The molecule has 0 saturated heterocycles. The molecular weight excluding hydrogens is 206 g/mol. The Balaban J connectivity index is 4.09. The molecule has 94 valence electrons. The van der Waals surface area contributed by atoms with E-state index in [-0.39, 0.29) is 5.78 Å². The smallest absolute Gasteiger partial charge is 0.408 e. The highest BCUT2D eigenvalue weighted by atomic mass is 16.6. The summed E-state index contributed by atoms with van der Waals surface area (Å²) in [6.07, 6.45) is -0.0751. The van der Waals surface area contributed by atoms with Gasteiger partial charge in [0.2, 0.25) is 0 Å². The summed E-state index contributed by atoms with van der Waals surface area (Å²) >= 11 is 0. The molecule has 0 bridgehead atoms. The summed E-state index contributed by atoms with van der Waals surface area (Å²) in [5.41, 5.74) is -0.537. The van der Waals surface area contributed by atoms with Crippen LogP contribution in [-0.4, -0.2) is 23.5 Å². The third kappa shape index (κ3) is 7.26. The van der Waals surface area contributed by atoms with Crippen LogP contribution in [0, 0.1) is 5.92 Å². The summed E-state index contributed by atoms with van der Waals surface area (Å²) in [6.45, 7) is 11.0. The van der Waals surface area contributed by atoms with Crippen molar-refractivity contribution in [2.24, 2.45) is 5.92 Å².